The van der Waals surface area contributed by atoms with Crippen molar-refractivity contribution in [3.63, 3.8) is 0 Å². The number of carbonyl (C=O) groups is 1. The normalized spacial score (nSPS) is 9.29. The molecule has 0 unspecified atom stereocenters. The molecular formula is C9H6FNO2S. The molecule has 0 saturated carbocycles. The van der Waals surface area contributed by atoms with E-state index in [4.69, 9.17) is 5.26 Å². The Labute approximate surface area is 85.5 Å². The predicted molar refractivity (Wildman–Crippen MR) is 49.7 cm³/mol. The van der Waals surface area contributed by atoms with Crippen molar-refractivity contribution < 1.29 is 13.9 Å². The number of nitriles is 1. The third-order valence-electron chi connectivity index (χ3n) is 1.63. The standard InChI is InChI=1S/C9H6FNO2S/c1-13-9(12)8-5(4-11)7(14)3-2-6(8)10/h2-3,14H,1H3. The summed E-state index contributed by atoms with van der Waals surface area (Å²) in [6, 6.07) is 4.08. The van der Waals surface area contributed by atoms with Gasteiger partial charge >= 0.3 is 5.97 Å². The van der Waals surface area contributed by atoms with E-state index in [2.05, 4.69) is 17.4 Å². The van der Waals surface area contributed by atoms with Crippen molar-refractivity contribution in [2.24, 2.45) is 0 Å². The minimum absolute atomic E-state index is 0.111. The van der Waals surface area contributed by atoms with Gasteiger partial charge in [-0.15, -0.1) is 12.6 Å². The van der Waals surface area contributed by atoms with Gasteiger partial charge in [-0.2, -0.15) is 5.26 Å². The molecule has 1 aromatic carbocycles. The van der Waals surface area contributed by atoms with Crippen molar-refractivity contribution in [2.45, 2.75) is 4.90 Å². The number of nitrogens with zero attached hydrogens (tertiary/aromatic N) is 1. The van der Waals surface area contributed by atoms with Gasteiger partial charge in [-0.05, 0) is 12.1 Å². The van der Waals surface area contributed by atoms with Gasteiger partial charge < -0.3 is 4.74 Å². The Morgan fingerprint density at radius 1 is 1.64 bits per heavy atom. The number of hydrogen-bond acceptors (Lipinski definition) is 4. The molecule has 0 aliphatic carbocycles. The van der Waals surface area contributed by atoms with E-state index in [0.29, 0.717) is 0 Å². The molecule has 0 amide bonds. The van der Waals surface area contributed by atoms with E-state index in [1.165, 1.54) is 6.07 Å². The number of benzene rings is 1. The van der Waals surface area contributed by atoms with Crippen LogP contribution in [0.4, 0.5) is 4.39 Å². The number of hydrogen-bond donors (Lipinski definition) is 1. The lowest BCUT2D eigenvalue weighted by atomic mass is 10.1. The first-order valence-electron chi connectivity index (χ1n) is 3.61. The Bertz CT molecular complexity index is 426. The Hall–Kier alpha value is -1.54. The second-order valence-corrected chi connectivity index (χ2v) is 2.90. The van der Waals surface area contributed by atoms with Gasteiger partial charge in [0.2, 0.25) is 0 Å². The van der Waals surface area contributed by atoms with E-state index in [9.17, 15) is 9.18 Å². The van der Waals surface area contributed by atoms with Crippen LogP contribution in [0.1, 0.15) is 15.9 Å². The summed E-state index contributed by atoms with van der Waals surface area (Å²) >= 11 is 3.93. The monoisotopic (exact) mass is 211 g/mol. The summed E-state index contributed by atoms with van der Waals surface area (Å²) in [5.74, 6) is -1.67. The lowest BCUT2D eigenvalue weighted by Crippen LogP contribution is -2.07. The van der Waals surface area contributed by atoms with Crippen LogP contribution in [0.3, 0.4) is 0 Å². The number of esters is 1. The minimum atomic E-state index is -0.880. The third-order valence-corrected chi connectivity index (χ3v) is 2.01. The van der Waals surface area contributed by atoms with Gasteiger partial charge in [0.25, 0.3) is 0 Å². The zero-order valence-corrected chi connectivity index (χ0v) is 8.14. The first kappa shape index (κ1) is 10.5. The van der Waals surface area contributed by atoms with E-state index in [-0.39, 0.29) is 16.0 Å². The lowest BCUT2D eigenvalue weighted by molar-refractivity contribution is 0.0595. The van der Waals surface area contributed by atoms with Crippen LogP contribution in [0.5, 0.6) is 0 Å². The van der Waals surface area contributed by atoms with Crippen LogP contribution in [-0.4, -0.2) is 13.1 Å². The molecule has 0 spiro atoms. The van der Waals surface area contributed by atoms with Crippen molar-refractivity contribution >= 4 is 18.6 Å². The van der Waals surface area contributed by atoms with Crippen molar-refractivity contribution in [3.05, 3.63) is 29.1 Å². The van der Waals surface area contributed by atoms with Crippen molar-refractivity contribution in [1.82, 2.24) is 0 Å². The summed E-state index contributed by atoms with van der Waals surface area (Å²) in [7, 11) is 1.12. The van der Waals surface area contributed by atoms with Crippen LogP contribution in [0.2, 0.25) is 0 Å². The summed E-state index contributed by atoms with van der Waals surface area (Å²) in [6.45, 7) is 0. The number of rotatable bonds is 1. The first-order chi connectivity index (χ1) is 6.61. The molecule has 0 radical (unpaired) electrons. The minimum Gasteiger partial charge on any atom is -0.465 e. The number of thiol groups is 1. The third kappa shape index (κ3) is 1.70. The van der Waals surface area contributed by atoms with Gasteiger partial charge in [-0.1, -0.05) is 0 Å². The van der Waals surface area contributed by atoms with Crippen LogP contribution >= 0.6 is 12.6 Å². The summed E-state index contributed by atoms with van der Waals surface area (Å²) in [4.78, 5) is 11.4. The molecule has 3 nitrogen and oxygen atoms in total. The zero-order valence-electron chi connectivity index (χ0n) is 7.24. The Balaban J connectivity index is 3.47. The molecule has 0 saturated heterocycles. The molecule has 0 fully saturated rings. The average molecular weight is 211 g/mol. The van der Waals surface area contributed by atoms with Crippen LogP contribution < -0.4 is 0 Å². The van der Waals surface area contributed by atoms with E-state index in [0.717, 1.165) is 13.2 Å². The van der Waals surface area contributed by atoms with Gasteiger partial charge in [-0.3, -0.25) is 0 Å². The SMILES string of the molecule is COC(=O)c1c(F)ccc(S)c1C#N. The highest BCUT2D eigenvalue weighted by Gasteiger charge is 2.19. The number of halogens is 1. The topological polar surface area (TPSA) is 50.1 Å². The summed E-state index contributed by atoms with van der Waals surface area (Å²) in [5, 5.41) is 8.69. The molecular weight excluding hydrogens is 205 g/mol. The largest absolute Gasteiger partial charge is 0.465 e. The Kier molecular flexibility index (Phi) is 3.10. The fourth-order valence-corrected chi connectivity index (χ4v) is 1.22. The number of carbonyl (C=O) groups excluding carboxylic acids is 1. The molecule has 0 heterocycles. The molecule has 0 bridgehead atoms. The molecule has 0 N–H and O–H groups in total. The maximum Gasteiger partial charge on any atom is 0.342 e. The highest BCUT2D eigenvalue weighted by atomic mass is 32.1. The Morgan fingerprint density at radius 3 is 2.79 bits per heavy atom. The molecule has 0 atom stereocenters. The van der Waals surface area contributed by atoms with Crippen LogP contribution in [-0.2, 0) is 4.74 Å². The van der Waals surface area contributed by atoms with E-state index in [1.54, 1.807) is 6.07 Å². The zero-order chi connectivity index (χ0) is 10.7. The van der Waals surface area contributed by atoms with Gasteiger partial charge in [-0.25, -0.2) is 9.18 Å². The van der Waals surface area contributed by atoms with Crippen LogP contribution in [0, 0.1) is 17.1 Å². The fraction of sp³-hybridized carbons (Fsp3) is 0.111. The predicted octanol–water partition coefficient (Wildman–Crippen LogP) is 1.77. The molecule has 1 aromatic rings. The summed E-state index contributed by atoms with van der Waals surface area (Å²) < 4.78 is 17.5. The molecule has 1 rings (SSSR count). The average Bonchev–Trinajstić information content (AvgIpc) is 2.19. The van der Waals surface area contributed by atoms with E-state index < -0.39 is 11.8 Å². The van der Waals surface area contributed by atoms with E-state index >= 15 is 0 Å². The maximum absolute atomic E-state index is 13.2. The molecule has 0 aliphatic rings. The van der Waals surface area contributed by atoms with Gasteiger partial charge in [0.15, 0.2) is 0 Å². The number of ether oxygens (including phenoxy) is 1. The highest BCUT2D eigenvalue weighted by Crippen LogP contribution is 2.21. The smallest absolute Gasteiger partial charge is 0.342 e. The van der Waals surface area contributed by atoms with Crippen molar-refractivity contribution in [3.8, 4) is 6.07 Å². The van der Waals surface area contributed by atoms with Gasteiger partial charge in [0, 0.05) is 4.90 Å². The van der Waals surface area contributed by atoms with E-state index in [1.807, 2.05) is 0 Å². The van der Waals surface area contributed by atoms with Crippen LogP contribution in [0.25, 0.3) is 0 Å². The maximum atomic E-state index is 13.2. The van der Waals surface area contributed by atoms with Crippen molar-refractivity contribution in [2.75, 3.05) is 7.11 Å². The highest BCUT2D eigenvalue weighted by molar-refractivity contribution is 7.80. The summed E-state index contributed by atoms with van der Waals surface area (Å²) in [6.07, 6.45) is 0. The van der Waals surface area contributed by atoms with Gasteiger partial charge in [0.1, 0.15) is 17.4 Å². The molecule has 0 aliphatic heterocycles. The number of methoxy groups -OCH3 is 1. The second-order valence-electron chi connectivity index (χ2n) is 2.42. The fourth-order valence-electron chi connectivity index (χ4n) is 0.981. The lowest BCUT2D eigenvalue weighted by Gasteiger charge is -2.04. The van der Waals surface area contributed by atoms with Crippen molar-refractivity contribution in [1.29, 1.82) is 5.26 Å². The first-order valence-corrected chi connectivity index (χ1v) is 4.06. The molecule has 72 valence electrons. The Morgan fingerprint density at radius 2 is 2.29 bits per heavy atom. The second kappa shape index (κ2) is 4.11. The van der Waals surface area contributed by atoms with Gasteiger partial charge in [0.05, 0.1) is 12.7 Å². The quantitative estimate of drug-likeness (QED) is 0.569. The molecule has 5 heteroatoms. The molecule has 14 heavy (non-hydrogen) atoms. The van der Waals surface area contributed by atoms with Crippen LogP contribution in [0.15, 0.2) is 17.0 Å². The molecule has 0 aromatic heterocycles. The summed E-state index contributed by atoms with van der Waals surface area (Å²) in [5.41, 5.74) is -0.484.